The second-order valence-electron chi connectivity index (χ2n) is 5.06. The molecule has 2 aromatic carbocycles. The van der Waals surface area contributed by atoms with E-state index in [2.05, 4.69) is 55.6 Å². The Labute approximate surface area is 121 Å². The molecule has 0 aliphatic carbocycles. The third-order valence-corrected chi connectivity index (χ3v) is 3.57. The van der Waals surface area contributed by atoms with Crippen LogP contribution in [-0.2, 0) is 6.61 Å². The van der Waals surface area contributed by atoms with E-state index in [9.17, 15) is 0 Å². The fourth-order valence-electron chi connectivity index (χ4n) is 2.32. The number of para-hydroxylation sites is 1. The van der Waals surface area contributed by atoms with Gasteiger partial charge in [-0.15, -0.1) is 0 Å². The van der Waals surface area contributed by atoms with Crippen LogP contribution in [-0.4, -0.2) is 7.05 Å². The lowest BCUT2D eigenvalue weighted by molar-refractivity contribution is 0.299. The number of aryl methyl sites for hydroxylation is 1. The molecule has 0 fully saturated rings. The van der Waals surface area contributed by atoms with Gasteiger partial charge in [0.1, 0.15) is 12.4 Å². The van der Waals surface area contributed by atoms with Crippen LogP contribution in [0, 0.1) is 6.92 Å². The Kier molecular flexibility index (Phi) is 5.19. The van der Waals surface area contributed by atoms with Crippen molar-refractivity contribution in [1.82, 2.24) is 5.32 Å². The first-order valence-corrected chi connectivity index (χ1v) is 7.19. The molecular weight excluding hydrogens is 246 g/mol. The lowest BCUT2D eigenvalue weighted by Crippen LogP contribution is -2.16. The van der Waals surface area contributed by atoms with Gasteiger partial charge < -0.3 is 10.1 Å². The molecule has 2 aromatic rings. The molecular formula is C18H23NO. The molecule has 0 amide bonds. The van der Waals surface area contributed by atoms with Crippen LogP contribution in [0.15, 0.2) is 48.5 Å². The zero-order valence-electron chi connectivity index (χ0n) is 12.5. The molecule has 0 saturated heterocycles. The molecule has 0 heterocycles. The number of hydrogen-bond donors (Lipinski definition) is 1. The van der Waals surface area contributed by atoms with Crippen molar-refractivity contribution in [2.24, 2.45) is 0 Å². The van der Waals surface area contributed by atoms with E-state index in [4.69, 9.17) is 4.74 Å². The Morgan fingerprint density at radius 3 is 2.40 bits per heavy atom. The Hall–Kier alpha value is -1.80. The highest BCUT2D eigenvalue weighted by atomic mass is 16.5. The number of nitrogens with one attached hydrogen (secondary N) is 1. The first-order valence-electron chi connectivity index (χ1n) is 7.19. The fraction of sp³-hybridized carbons (Fsp3) is 0.333. The number of rotatable bonds is 6. The fourth-order valence-corrected chi connectivity index (χ4v) is 2.32. The second kappa shape index (κ2) is 7.11. The third kappa shape index (κ3) is 3.61. The summed E-state index contributed by atoms with van der Waals surface area (Å²) in [7, 11) is 1.99. The molecule has 1 atom stereocenters. The predicted molar refractivity (Wildman–Crippen MR) is 84.0 cm³/mol. The van der Waals surface area contributed by atoms with Crippen molar-refractivity contribution in [3.63, 3.8) is 0 Å². The third-order valence-electron chi connectivity index (χ3n) is 3.57. The average molecular weight is 269 g/mol. The largest absolute Gasteiger partial charge is 0.489 e. The van der Waals surface area contributed by atoms with Crippen LogP contribution in [0.3, 0.4) is 0 Å². The molecule has 0 radical (unpaired) electrons. The quantitative estimate of drug-likeness (QED) is 0.846. The zero-order valence-corrected chi connectivity index (χ0v) is 12.5. The molecule has 106 valence electrons. The van der Waals surface area contributed by atoms with Crippen LogP contribution >= 0.6 is 0 Å². The van der Waals surface area contributed by atoms with Crippen LogP contribution in [0.2, 0.25) is 0 Å². The van der Waals surface area contributed by atoms with E-state index in [0.717, 1.165) is 12.2 Å². The SMILES string of the molecule is CCC(NC)c1ccccc1OCc1ccc(C)cc1. The van der Waals surface area contributed by atoms with E-state index in [1.54, 1.807) is 0 Å². The van der Waals surface area contributed by atoms with Gasteiger partial charge in [0.2, 0.25) is 0 Å². The van der Waals surface area contributed by atoms with Crippen molar-refractivity contribution in [3.8, 4) is 5.75 Å². The van der Waals surface area contributed by atoms with Crippen LogP contribution < -0.4 is 10.1 Å². The zero-order chi connectivity index (χ0) is 14.4. The molecule has 0 aromatic heterocycles. The Bertz CT molecular complexity index is 529. The average Bonchev–Trinajstić information content (AvgIpc) is 2.49. The molecule has 0 aliphatic heterocycles. The van der Waals surface area contributed by atoms with E-state index in [1.165, 1.54) is 16.7 Å². The van der Waals surface area contributed by atoms with Crippen molar-refractivity contribution in [1.29, 1.82) is 0 Å². The van der Waals surface area contributed by atoms with Gasteiger partial charge in [0.25, 0.3) is 0 Å². The standard InChI is InChI=1S/C18H23NO/c1-4-17(19-3)16-7-5-6-8-18(16)20-13-15-11-9-14(2)10-12-15/h5-12,17,19H,4,13H2,1-3H3. The lowest BCUT2D eigenvalue weighted by Gasteiger charge is -2.18. The van der Waals surface area contributed by atoms with Crippen LogP contribution in [0.4, 0.5) is 0 Å². The van der Waals surface area contributed by atoms with Crippen molar-refractivity contribution in [2.45, 2.75) is 32.9 Å². The summed E-state index contributed by atoms with van der Waals surface area (Å²) in [6.07, 6.45) is 1.04. The molecule has 0 spiro atoms. The highest BCUT2D eigenvalue weighted by Gasteiger charge is 2.12. The number of hydrogen-bond acceptors (Lipinski definition) is 2. The maximum Gasteiger partial charge on any atom is 0.124 e. The first-order chi connectivity index (χ1) is 9.74. The van der Waals surface area contributed by atoms with Crippen molar-refractivity contribution < 1.29 is 4.74 Å². The number of ether oxygens (including phenoxy) is 1. The van der Waals surface area contributed by atoms with Gasteiger partial charge in [0, 0.05) is 11.6 Å². The van der Waals surface area contributed by atoms with Crippen LogP contribution in [0.25, 0.3) is 0 Å². The maximum atomic E-state index is 6.01. The second-order valence-corrected chi connectivity index (χ2v) is 5.06. The summed E-state index contributed by atoms with van der Waals surface area (Å²) in [6.45, 7) is 4.88. The van der Waals surface area contributed by atoms with E-state index in [-0.39, 0.29) is 0 Å². The highest BCUT2D eigenvalue weighted by molar-refractivity contribution is 5.36. The van der Waals surface area contributed by atoms with Crippen molar-refractivity contribution in [2.75, 3.05) is 7.05 Å². The lowest BCUT2D eigenvalue weighted by atomic mass is 10.0. The van der Waals surface area contributed by atoms with E-state index < -0.39 is 0 Å². The summed E-state index contributed by atoms with van der Waals surface area (Å²) in [4.78, 5) is 0. The molecule has 2 nitrogen and oxygen atoms in total. The summed E-state index contributed by atoms with van der Waals surface area (Å²) < 4.78 is 6.01. The topological polar surface area (TPSA) is 21.3 Å². The van der Waals surface area contributed by atoms with E-state index in [1.807, 2.05) is 19.2 Å². The monoisotopic (exact) mass is 269 g/mol. The molecule has 1 unspecified atom stereocenters. The molecule has 20 heavy (non-hydrogen) atoms. The minimum Gasteiger partial charge on any atom is -0.489 e. The summed E-state index contributed by atoms with van der Waals surface area (Å²) in [5.41, 5.74) is 3.70. The van der Waals surface area contributed by atoms with Gasteiger partial charge in [-0.2, -0.15) is 0 Å². The summed E-state index contributed by atoms with van der Waals surface area (Å²) in [5.74, 6) is 0.967. The summed E-state index contributed by atoms with van der Waals surface area (Å²) in [6, 6.07) is 17.1. The van der Waals surface area contributed by atoms with E-state index >= 15 is 0 Å². The van der Waals surface area contributed by atoms with Gasteiger partial charge in [-0.25, -0.2) is 0 Å². The molecule has 0 saturated carbocycles. The van der Waals surface area contributed by atoms with Crippen LogP contribution in [0.5, 0.6) is 5.75 Å². The van der Waals surface area contributed by atoms with Gasteiger partial charge in [0.05, 0.1) is 0 Å². The highest BCUT2D eigenvalue weighted by Crippen LogP contribution is 2.27. The summed E-state index contributed by atoms with van der Waals surface area (Å²) in [5, 5.41) is 3.33. The van der Waals surface area contributed by atoms with Crippen molar-refractivity contribution >= 4 is 0 Å². The molecule has 0 aliphatic rings. The van der Waals surface area contributed by atoms with Gasteiger partial charge in [-0.3, -0.25) is 0 Å². The van der Waals surface area contributed by atoms with Gasteiger partial charge in [-0.05, 0) is 32.0 Å². The first kappa shape index (κ1) is 14.6. The predicted octanol–water partition coefficient (Wildman–Crippen LogP) is 4.24. The maximum absolute atomic E-state index is 6.01. The summed E-state index contributed by atoms with van der Waals surface area (Å²) >= 11 is 0. The van der Waals surface area contributed by atoms with Gasteiger partial charge >= 0.3 is 0 Å². The Balaban J connectivity index is 2.11. The number of benzene rings is 2. The van der Waals surface area contributed by atoms with E-state index in [0.29, 0.717) is 12.6 Å². The normalized spacial score (nSPS) is 12.2. The van der Waals surface area contributed by atoms with Crippen molar-refractivity contribution in [3.05, 3.63) is 65.2 Å². The molecule has 2 heteroatoms. The van der Waals surface area contributed by atoms with Gasteiger partial charge in [-0.1, -0.05) is 55.0 Å². The van der Waals surface area contributed by atoms with Gasteiger partial charge in [0.15, 0.2) is 0 Å². The van der Waals surface area contributed by atoms with Crippen LogP contribution in [0.1, 0.15) is 36.1 Å². The Morgan fingerprint density at radius 1 is 1.05 bits per heavy atom. The molecule has 1 N–H and O–H groups in total. The molecule has 0 bridgehead atoms. The minimum absolute atomic E-state index is 0.337. The minimum atomic E-state index is 0.337. The Morgan fingerprint density at radius 2 is 1.75 bits per heavy atom. The smallest absolute Gasteiger partial charge is 0.124 e. The molecule has 2 rings (SSSR count).